The van der Waals surface area contributed by atoms with Gasteiger partial charge in [0, 0.05) is 0 Å². The average molecular weight is 307 g/mol. The van der Waals surface area contributed by atoms with Crippen molar-refractivity contribution in [3.8, 4) is 0 Å². The van der Waals surface area contributed by atoms with Crippen LogP contribution in [0.25, 0.3) is 0 Å². The smallest absolute Gasteiger partial charge is 0.313 e. The van der Waals surface area contributed by atoms with Crippen LogP contribution in [0.1, 0.15) is 0 Å². The standard InChI is InChI=1S/C10H26O3Si4/c1-9-17(8,10-2)13-16(6,7)12-15(4,5)11-14-3/h9-10H,1-2,14H2,3-8H3. The highest BCUT2D eigenvalue weighted by Gasteiger charge is 2.40. The molecule has 0 aromatic rings. The lowest BCUT2D eigenvalue weighted by Gasteiger charge is -2.37. The Kier molecular flexibility index (Phi) is 6.50. The number of hydrogen-bond acceptors (Lipinski definition) is 3. The molecule has 7 heteroatoms. The molecule has 0 N–H and O–H groups in total. The zero-order valence-electron chi connectivity index (χ0n) is 12.0. The van der Waals surface area contributed by atoms with Crippen molar-refractivity contribution in [2.75, 3.05) is 0 Å². The van der Waals surface area contributed by atoms with E-state index in [0.717, 1.165) is 0 Å². The molecule has 0 rings (SSSR count). The summed E-state index contributed by atoms with van der Waals surface area (Å²) in [4.78, 5) is 0. The first-order valence-corrected chi connectivity index (χ1v) is 16.1. The van der Waals surface area contributed by atoms with Gasteiger partial charge in [0.05, 0.1) is 0 Å². The van der Waals surface area contributed by atoms with Gasteiger partial charge in [0.25, 0.3) is 0 Å². The zero-order chi connectivity index (χ0) is 13.7. The second-order valence-electron chi connectivity index (χ2n) is 5.03. The summed E-state index contributed by atoms with van der Waals surface area (Å²) in [6, 6.07) is 0. The Morgan fingerprint density at radius 2 is 1.35 bits per heavy atom. The molecular weight excluding hydrogens is 280 g/mol. The van der Waals surface area contributed by atoms with Crippen molar-refractivity contribution in [3.05, 3.63) is 24.6 Å². The quantitative estimate of drug-likeness (QED) is 0.645. The summed E-state index contributed by atoms with van der Waals surface area (Å²) in [5.74, 6) is 0. The third kappa shape index (κ3) is 6.65. The fraction of sp³-hybridized carbons (Fsp3) is 0.600. The van der Waals surface area contributed by atoms with Crippen LogP contribution in [0, 0.1) is 0 Å². The first-order valence-electron chi connectivity index (χ1n) is 5.91. The van der Waals surface area contributed by atoms with E-state index in [1.165, 1.54) is 0 Å². The third-order valence-corrected chi connectivity index (χ3v) is 15.5. The maximum atomic E-state index is 6.20. The van der Waals surface area contributed by atoms with Gasteiger partial charge in [-0.05, 0) is 32.7 Å². The van der Waals surface area contributed by atoms with E-state index in [4.69, 9.17) is 12.3 Å². The molecule has 0 aromatic heterocycles. The van der Waals surface area contributed by atoms with E-state index in [9.17, 15) is 0 Å². The van der Waals surface area contributed by atoms with Crippen LogP contribution in [-0.4, -0.2) is 35.2 Å². The first-order chi connectivity index (χ1) is 7.60. The topological polar surface area (TPSA) is 27.7 Å². The SMILES string of the molecule is C=C[Si](C)(C=C)O[Si](C)(C)O[Si](C)(C)O[SiH2]C. The molecule has 17 heavy (non-hydrogen) atoms. The van der Waals surface area contributed by atoms with E-state index >= 15 is 0 Å². The minimum absolute atomic E-state index is 0.437. The van der Waals surface area contributed by atoms with E-state index < -0.39 is 35.2 Å². The molecule has 0 aliphatic heterocycles. The molecule has 0 aromatic carbocycles. The predicted octanol–water partition coefficient (Wildman–Crippen LogP) is 2.60. The molecule has 0 saturated carbocycles. The van der Waals surface area contributed by atoms with Gasteiger partial charge in [0.1, 0.15) is 9.76 Å². The third-order valence-electron chi connectivity index (χ3n) is 2.26. The van der Waals surface area contributed by atoms with E-state index in [1.807, 2.05) is 11.4 Å². The van der Waals surface area contributed by atoms with Gasteiger partial charge in [-0.2, -0.15) is 0 Å². The number of hydrogen-bond donors (Lipinski definition) is 0. The summed E-state index contributed by atoms with van der Waals surface area (Å²) in [7, 11) is -6.64. The molecule has 0 amide bonds. The van der Waals surface area contributed by atoms with Crippen molar-refractivity contribution in [1.82, 2.24) is 0 Å². The van der Waals surface area contributed by atoms with Crippen LogP contribution in [0.2, 0.25) is 39.3 Å². The summed E-state index contributed by atoms with van der Waals surface area (Å²) >= 11 is 0. The van der Waals surface area contributed by atoms with Gasteiger partial charge in [-0.15, -0.1) is 13.2 Å². The van der Waals surface area contributed by atoms with Crippen molar-refractivity contribution < 1.29 is 12.3 Å². The molecule has 0 aliphatic rings. The molecular formula is C10H26O3Si4. The van der Waals surface area contributed by atoms with E-state index in [1.54, 1.807) is 0 Å². The second-order valence-corrected chi connectivity index (χ2v) is 17.2. The minimum Gasteiger partial charge on any atom is -0.442 e. The van der Waals surface area contributed by atoms with Gasteiger partial charge < -0.3 is 12.3 Å². The molecule has 0 bridgehead atoms. The van der Waals surface area contributed by atoms with Crippen LogP contribution in [-0.2, 0) is 12.3 Å². The molecule has 3 nitrogen and oxygen atoms in total. The largest absolute Gasteiger partial charge is 0.442 e. The monoisotopic (exact) mass is 306 g/mol. The van der Waals surface area contributed by atoms with Crippen LogP contribution < -0.4 is 0 Å². The summed E-state index contributed by atoms with van der Waals surface area (Å²) in [5, 5.41) is 0. The van der Waals surface area contributed by atoms with Gasteiger partial charge in [-0.25, -0.2) is 0 Å². The van der Waals surface area contributed by atoms with E-state index in [-0.39, 0.29) is 0 Å². The zero-order valence-corrected chi connectivity index (χ0v) is 16.4. The molecule has 0 spiro atoms. The lowest BCUT2D eigenvalue weighted by Crippen LogP contribution is -2.53. The molecule has 0 unspecified atom stereocenters. The van der Waals surface area contributed by atoms with Crippen molar-refractivity contribution in [1.29, 1.82) is 0 Å². The molecule has 0 heterocycles. The Hall–Kier alpha value is 0.228. The number of rotatable bonds is 8. The van der Waals surface area contributed by atoms with Crippen molar-refractivity contribution in [2.45, 2.75) is 39.3 Å². The summed E-state index contributed by atoms with van der Waals surface area (Å²) < 4.78 is 18.2. The lowest BCUT2D eigenvalue weighted by atomic mass is 11.2. The van der Waals surface area contributed by atoms with Gasteiger partial charge in [-0.1, -0.05) is 17.9 Å². The molecule has 0 radical (unpaired) electrons. The van der Waals surface area contributed by atoms with Crippen LogP contribution >= 0.6 is 0 Å². The Labute approximate surface area is 111 Å². The van der Waals surface area contributed by atoms with Gasteiger partial charge in [0.2, 0.25) is 8.32 Å². The lowest BCUT2D eigenvalue weighted by molar-refractivity contribution is 0.341. The molecule has 0 atom stereocenters. The van der Waals surface area contributed by atoms with Crippen molar-refractivity contribution >= 4 is 35.2 Å². The Morgan fingerprint density at radius 1 is 0.882 bits per heavy atom. The highest BCUT2D eigenvalue weighted by atomic mass is 28.5. The minimum atomic E-state index is -2.18. The summed E-state index contributed by atoms with van der Waals surface area (Å²) in [5.41, 5.74) is 3.78. The highest BCUT2D eigenvalue weighted by molar-refractivity contribution is 6.91. The van der Waals surface area contributed by atoms with Gasteiger partial charge in [0.15, 0.2) is 0 Å². The molecule has 100 valence electrons. The molecule has 0 aliphatic carbocycles. The maximum Gasteiger partial charge on any atom is 0.313 e. The normalized spacial score (nSPS) is 14.2. The second kappa shape index (κ2) is 6.41. The maximum absolute atomic E-state index is 6.20. The first kappa shape index (κ1) is 17.2. The van der Waals surface area contributed by atoms with Gasteiger partial charge in [-0.3, -0.25) is 0 Å². The Balaban J connectivity index is 4.68. The van der Waals surface area contributed by atoms with Crippen molar-refractivity contribution in [3.63, 3.8) is 0 Å². The molecule has 0 saturated heterocycles. The van der Waals surface area contributed by atoms with Crippen LogP contribution in [0.4, 0.5) is 0 Å². The van der Waals surface area contributed by atoms with Gasteiger partial charge >= 0.3 is 17.1 Å². The van der Waals surface area contributed by atoms with Crippen molar-refractivity contribution in [2.24, 2.45) is 0 Å². The predicted molar refractivity (Wildman–Crippen MR) is 84.6 cm³/mol. The summed E-state index contributed by atoms with van der Waals surface area (Å²) in [6.45, 7) is 20.2. The van der Waals surface area contributed by atoms with Crippen LogP contribution in [0.15, 0.2) is 24.6 Å². The van der Waals surface area contributed by atoms with Crippen LogP contribution in [0.5, 0.6) is 0 Å². The van der Waals surface area contributed by atoms with E-state index in [0.29, 0.717) is 0 Å². The van der Waals surface area contributed by atoms with Crippen LogP contribution in [0.3, 0.4) is 0 Å². The van der Waals surface area contributed by atoms with E-state index in [2.05, 4.69) is 52.4 Å². The fourth-order valence-corrected chi connectivity index (χ4v) is 15.6. The Morgan fingerprint density at radius 3 is 1.71 bits per heavy atom. The fourth-order valence-electron chi connectivity index (χ4n) is 1.69. The Bertz CT molecular complexity index is 271. The highest BCUT2D eigenvalue weighted by Crippen LogP contribution is 2.21. The average Bonchev–Trinajstić information content (AvgIpc) is 2.14. The molecule has 0 fully saturated rings. The summed E-state index contributed by atoms with van der Waals surface area (Å²) in [6.07, 6.45) is 0.